The fraction of sp³-hybridized carbons (Fsp3) is 0.824. The molecule has 1 aromatic rings. The van der Waals surface area contributed by atoms with Gasteiger partial charge in [-0.1, -0.05) is 12.8 Å². The largest absolute Gasteiger partial charge is 0.353 e. The van der Waals surface area contributed by atoms with Crippen LogP contribution < -0.4 is 10.6 Å². The quantitative estimate of drug-likeness (QED) is 0.747. The van der Waals surface area contributed by atoms with Crippen LogP contribution in [0.5, 0.6) is 0 Å². The molecule has 2 aliphatic rings. The first-order valence-corrected chi connectivity index (χ1v) is 9.45. The molecule has 0 unspecified atom stereocenters. The monoisotopic (exact) mass is 332 g/mol. The van der Waals surface area contributed by atoms with Crippen LogP contribution in [0.4, 0.5) is 11.9 Å². The normalized spacial score (nSPS) is 20.0. The van der Waals surface area contributed by atoms with Crippen molar-refractivity contribution in [2.24, 2.45) is 0 Å². The molecule has 7 heteroatoms. The van der Waals surface area contributed by atoms with Gasteiger partial charge < -0.3 is 20.4 Å². The molecule has 7 nitrogen and oxygen atoms in total. The molecule has 0 aliphatic carbocycles. The Kier molecular flexibility index (Phi) is 7.04. The predicted molar refractivity (Wildman–Crippen MR) is 96.2 cm³/mol. The molecule has 1 radical (unpaired) electrons. The summed E-state index contributed by atoms with van der Waals surface area (Å²) in [6.07, 6.45) is 10.7. The number of anilines is 2. The second-order valence-electron chi connectivity index (χ2n) is 6.74. The van der Waals surface area contributed by atoms with E-state index < -0.39 is 0 Å². The Morgan fingerprint density at radius 2 is 1.17 bits per heavy atom. The highest BCUT2D eigenvalue weighted by molar-refractivity contribution is 5.32. The standard InChI is InChI=1S/C17H30N7/c1-3-9-23(10-4-1)13-7-18-16-20-15-21-17(22-16)19-8-14-24-11-5-2-6-12-24/h1-14H2,(H2,18,19,20,21,22). The fourth-order valence-electron chi connectivity index (χ4n) is 3.45. The molecule has 0 aromatic carbocycles. The molecule has 24 heavy (non-hydrogen) atoms. The summed E-state index contributed by atoms with van der Waals surface area (Å²) in [6, 6.07) is 0. The molecule has 0 spiro atoms. The first-order valence-electron chi connectivity index (χ1n) is 9.45. The van der Waals surface area contributed by atoms with E-state index in [1.165, 1.54) is 64.7 Å². The lowest BCUT2D eigenvalue weighted by Gasteiger charge is -2.26. The molecule has 1 aromatic heterocycles. The van der Waals surface area contributed by atoms with E-state index in [2.05, 4.69) is 41.7 Å². The van der Waals surface area contributed by atoms with E-state index in [1.54, 1.807) is 0 Å². The van der Waals surface area contributed by atoms with Crippen LogP contribution in [0.15, 0.2) is 0 Å². The zero-order valence-corrected chi connectivity index (χ0v) is 14.6. The average Bonchev–Trinajstić information content (AvgIpc) is 2.64. The number of nitrogens with one attached hydrogen (secondary N) is 2. The van der Waals surface area contributed by atoms with Crippen molar-refractivity contribution in [1.29, 1.82) is 0 Å². The van der Waals surface area contributed by atoms with Crippen LogP contribution in [-0.4, -0.2) is 77.1 Å². The van der Waals surface area contributed by atoms with Gasteiger partial charge in [-0.3, -0.25) is 0 Å². The van der Waals surface area contributed by atoms with Gasteiger partial charge in [-0.15, -0.1) is 0 Å². The van der Waals surface area contributed by atoms with Gasteiger partial charge in [-0.05, 0) is 51.9 Å². The zero-order chi connectivity index (χ0) is 16.5. The third-order valence-electron chi connectivity index (χ3n) is 4.84. The van der Waals surface area contributed by atoms with Crippen molar-refractivity contribution in [3.63, 3.8) is 0 Å². The lowest BCUT2D eigenvalue weighted by molar-refractivity contribution is 0.237. The van der Waals surface area contributed by atoms with E-state index >= 15 is 0 Å². The summed E-state index contributed by atoms with van der Waals surface area (Å²) in [7, 11) is 0. The summed E-state index contributed by atoms with van der Waals surface area (Å²) in [5.74, 6) is 1.23. The first-order chi connectivity index (χ1) is 11.9. The van der Waals surface area contributed by atoms with Gasteiger partial charge in [0.2, 0.25) is 18.2 Å². The van der Waals surface area contributed by atoms with Gasteiger partial charge >= 0.3 is 0 Å². The Hall–Kier alpha value is -1.47. The van der Waals surface area contributed by atoms with Crippen molar-refractivity contribution in [2.75, 3.05) is 63.0 Å². The Bertz CT molecular complexity index is 431. The second-order valence-corrected chi connectivity index (χ2v) is 6.74. The molecule has 2 saturated heterocycles. The highest BCUT2D eigenvalue weighted by Gasteiger charge is 2.10. The minimum atomic E-state index is 0.613. The lowest BCUT2D eigenvalue weighted by Crippen LogP contribution is -2.34. The molecular weight excluding hydrogens is 302 g/mol. The summed E-state index contributed by atoms with van der Waals surface area (Å²) < 4.78 is 0. The van der Waals surface area contributed by atoms with Gasteiger partial charge in [-0.25, -0.2) is 0 Å². The van der Waals surface area contributed by atoms with Crippen LogP contribution in [0.1, 0.15) is 38.5 Å². The fourth-order valence-corrected chi connectivity index (χ4v) is 3.45. The smallest absolute Gasteiger partial charge is 0.228 e. The Labute approximate surface area is 145 Å². The Balaban J connectivity index is 1.35. The van der Waals surface area contributed by atoms with Crippen molar-refractivity contribution in [3.8, 4) is 0 Å². The van der Waals surface area contributed by atoms with Crippen LogP contribution in [-0.2, 0) is 0 Å². The summed E-state index contributed by atoms with van der Waals surface area (Å²) in [4.78, 5) is 17.6. The molecule has 2 aliphatic heterocycles. The maximum absolute atomic E-state index is 4.43. The number of hydrogen-bond acceptors (Lipinski definition) is 7. The second kappa shape index (κ2) is 9.74. The minimum absolute atomic E-state index is 0.613. The van der Waals surface area contributed by atoms with Gasteiger partial charge in [0, 0.05) is 26.2 Å². The van der Waals surface area contributed by atoms with Gasteiger partial charge in [0.05, 0.1) is 0 Å². The third-order valence-corrected chi connectivity index (χ3v) is 4.84. The highest BCUT2D eigenvalue weighted by Crippen LogP contribution is 2.09. The van der Waals surface area contributed by atoms with Crippen LogP contribution in [0.2, 0.25) is 0 Å². The van der Waals surface area contributed by atoms with Gasteiger partial charge in [0.15, 0.2) is 0 Å². The predicted octanol–water partition coefficient (Wildman–Crippen LogP) is 1.47. The van der Waals surface area contributed by atoms with Crippen LogP contribution in [0.25, 0.3) is 0 Å². The molecular formula is C17H30N7. The molecule has 3 heterocycles. The number of rotatable bonds is 8. The van der Waals surface area contributed by atoms with E-state index in [0.717, 1.165) is 26.2 Å². The van der Waals surface area contributed by atoms with Crippen molar-refractivity contribution in [3.05, 3.63) is 6.33 Å². The number of nitrogens with zero attached hydrogens (tertiary/aromatic N) is 5. The zero-order valence-electron chi connectivity index (χ0n) is 14.6. The van der Waals surface area contributed by atoms with E-state index in [1.807, 2.05) is 0 Å². The SMILES string of the molecule is [c]1nc(NCCN2CCCCC2)nc(NCCN2CCCCC2)n1. The number of aromatic nitrogens is 3. The van der Waals surface area contributed by atoms with Gasteiger partial charge in [0.25, 0.3) is 0 Å². The topological polar surface area (TPSA) is 69.2 Å². The lowest BCUT2D eigenvalue weighted by atomic mass is 10.1. The molecule has 2 fully saturated rings. The number of hydrogen-bond donors (Lipinski definition) is 2. The highest BCUT2D eigenvalue weighted by atomic mass is 15.2. The summed E-state index contributed by atoms with van der Waals surface area (Å²) in [5.41, 5.74) is 0. The van der Waals surface area contributed by atoms with Crippen LogP contribution in [0.3, 0.4) is 0 Å². The van der Waals surface area contributed by atoms with Crippen molar-refractivity contribution in [1.82, 2.24) is 24.8 Å². The van der Waals surface area contributed by atoms with E-state index in [0.29, 0.717) is 11.9 Å². The molecule has 2 N–H and O–H groups in total. The molecule has 0 amide bonds. The average molecular weight is 332 g/mol. The van der Waals surface area contributed by atoms with Crippen molar-refractivity contribution < 1.29 is 0 Å². The maximum atomic E-state index is 4.43. The molecule has 0 bridgehead atoms. The number of likely N-dealkylation sites (tertiary alicyclic amines) is 2. The molecule has 133 valence electrons. The molecule has 0 atom stereocenters. The Morgan fingerprint density at radius 3 is 1.62 bits per heavy atom. The third kappa shape index (κ3) is 5.87. The summed E-state index contributed by atoms with van der Waals surface area (Å²) in [6.45, 7) is 8.69. The summed E-state index contributed by atoms with van der Waals surface area (Å²) >= 11 is 0. The molecule has 0 saturated carbocycles. The van der Waals surface area contributed by atoms with Crippen LogP contribution in [0, 0.1) is 6.33 Å². The molecule has 3 rings (SSSR count). The maximum Gasteiger partial charge on any atom is 0.228 e. The first kappa shape index (κ1) is 17.4. The van der Waals surface area contributed by atoms with E-state index in [9.17, 15) is 0 Å². The summed E-state index contributed by atoms with van der Waals surface area (Å²) in [5, 5.41) is 6.57. The number of piperidine rings is 2. The Morgan fingerprint density at radius 1 is 0.708 bits per heavy atom. The van der Waals surface area contributed by atoms with Gasteiger partial charge in [-0.2, -0.15) is 15.0 Å². The van der Waals surface area contributed by atoms with E-state index in [4.69, 9.17) is 0 Å². The van der Waals surface area contributed by atoms with Crippen LogP contribution >= 0.6 is 0 Å². The van der Waals surface area contributed by atoms with Crippen molar-refractivity contribution in [2.45, 2.75) is 38.5 Å². The van der Waals surface area contributed by atoms with Gasteiger partial charge in [0.1, 0.15) is 0 Å². The van der Waals surface area contributed by atoms with E-state index in [-0.39, 0.29) is 0 Å². The minimum Gasteiger partial charge on any atom is -0.353 e. The van der Waals surface area contributed by atoms with Crippen molar-refractivity contribution >= 4 is 11.9 Å².